The molecule has 2 atom stereocenters. The number of ether oxygens (including phenoxy) is 3. The van der Waals surface area contributed by atoms with Crippen LogP contribution in [0.4, 0.5) is 0 Å². The second kappa shape index (κ2) is 11.3. The van der Waals surface area contributed by atoms with Gasteiger partial charge in [-0.3, -0.25) is 4.79 Å². The maximum atomic E-state index is 12.1. The first kappa shape index (κ1) is 22.6. The minimum atomic E-state index is -0.772. The molecule has 0 unspecified atom stereocenters. The molecular formula is C20H29NO6. The number of hydrogen-bond donors (Lipinski definition) is 1. The zero-order valence-corrected chi connectivity index (χ0v) is 16.6. The number of carbonyl (C=O) groups excluding carboxylic acids is 3. The van der Waals surface area contributed by atoms with Crippen LogP contribution in [-0.4, -0.2) is 43.7 Å². The molecule has 0 spiro atoms. The summed E-state index contributed by atoms with van der Waals surface area (Å²) in [6, 6.07) is 6.02. The fourth-order valence-electron chi connectivity index (χ4n) is 2.23. The second-order valence-electron chi connectivity index (χ2n) is 6.59. The van der Waals surface area contributed by atoms with Crippen molar-refractivity contribution in [3.63, 3.8) is 0 Å². The van der Waals surface area contributed by atoms with E-state index in [1.165, 1.54) is 7.11 Å². The summed E-state index contributed by atoms with van der Waals surface area (Å²) in [4.78, 5) is 35.9. The molecule has 0 saturated carbocycles. The highest BCUT2D eigenvalue weighted by Gasteiger charge is 2.27. The second-order valence-corrected chi connectivity index (χ2v) is 6.59. The van der Waals surface area contributed by atoms with Gasteiger partial charge in [0.25, 0.3) is 5.91 Å². The normalized spacial score (nSPS) is 13.0. The third-order valence-corrected chi connectivity index (χ3v) is 4.09. The lowest BCUT2D eigenvalue weighted by Crippen LogP contribution is -2.47. The van der Waals surface area contributed by atoms with Crippen molar-refractivity contribution >= 4 is 17.8 Å². The summed E-state index contributed by atoms with van der Waals surface area (Å²) in [5, 5.41) is 2.55. The van der Waals surface area contributed by atoms with Crippen LogP contribution in [0.15, 0.2) is 24.3 Å². The zero-order chi connectivity index (χ0) is 20.4. The Bertz CT molecular complexity index is 626. The van der Waals surface area contributed by atoms with E-state index in [-0.39, 0.29) is 12.0 Å². The number of amides is 1. The Morgan fingerprint density at radius 2 is 1.70 bits per heavy atom. The highest BCUT2D eigenvalue weighted by Crippen LogP contribution is 2.10. The van der Waals surface area contributed by atoms with Crippen LogP contribution in [0.25, 0.3) is 0 Å². The third-order valence-electron chi connectivity index (χ3n) is 4.09. The largest absolute Gasteiger partial charge is 0.467 e. The summed E-state index contributed by atoms with van der Waals surface area (Å²) in [5.74, 6) is -1.79. The van der Waals surface area contributed by atoms with Gasteiger partial charge in [-0.05, 0) is 37.5 Å². The number of nitrogens with one attached hydrogen (secondary N) is 1. The van der Waals surface area contributed by atoms with E-state index in [4.69, 9.17) is 14.2 Å². The molecule has 150 valence electrons. The van der Waals surface area contributed by atoms with Crippen molar-refractivity contribution in [1.82, 2.24) is 5.32 Å². The van der Waals surface area contributed by atoms with Gasteiger partial charge in [-0.15, -0.1) is 0 Å². The summed E-state index contributed by atoms with van der Waals surface area (Å²) in [7, 11) is 1.26. The molecule has 0 heterocycles. The van der Waals surface area contributed by atoms with Crippen molar-refractivity contribution in [3.05, 3.63) is 35.4 Å². The molecule has 0 saturated heterocycles. The van der Waals surface area contributed by atoms with Gasteiger partial charge in [-0.25, -0.2) is 9.59 Å². The molecule has 0 bridgehead atoms. The molecule has 27 heavy (non-hydrogen) atoms. The van der Waals surface area contributed by atoms with Crippen molar-refractivity contribution in [3.8, 4) is 0 Å². The number of esters is 2. The molecule has 0 aromatic heterocycles. The van der Waals surface area contributed by atoms with E-state index in [1.807, 2.05) is 27.7 Å². The number of carbonyl (C=O) groups is 3. The summed E-state index contributed by atoms with van der Waals surface area (Å²) in [5.41, 5.74) is 1.27. The summed E-state index contributed by atoms with van der Waals surface area (Å²) in [6.45, 7) is 7.62. The molecule has 1 aromatic carbocycles. The first-order chi connectivity index (χ1) is 12.8. The zero-order valence-electron chi connectivity index (χ0n) is 16.6. The molecule has 7 nitrogen and oxygen atoms in total. The molecule has 1 amide bonds. The van der Waals surface area contributed by atoms with Gasteiger partial charge in [0.15, 0.2) is 6.61 Å². The molecule has 0 fully saturated rings. The van der Waals surface area contributed by atoms with Crippen LogP contribution in [0, 0.1) is 5.92 Å². The van der Waals surface area contributed by atoms with Gasteiger partial charge in [-0.1, -0.05) is 32.4 Å². The maximum Gasteiger partial charge on any atom is 0.338 e. The SMILES string of the molecule is CC[C@H](C)[C@H](NC(=O)COC(=O)c1ccc(COC(C)C)cc1)C(=O)OC. The van der Waals surface area contributed by atoms with Crippen LogP contribution in [0.3, 0.4) is 0 Å². The fraction of sp³-hybridized carbons (Fsp3) is 0.550. The van der Waals surface area contributed by atoms with Crippen LogP contribution in [-0.2, 0) is 30.4 Å². The first-order valence-electron chi connectivity index (χ1n) is 9.03. The molecule has 0 radical (unpaired) electrons. The summed E-state index contributed by atoms with van der Waals surface area (Å²) < 4.78 is 15.2. The van der Waals surface area contributed by atoms with Crippen molar-refractivity contribution < 1.29 is 28.6 Å². The molecule has 1 rings (SSSR count). The quantitative estimate of drug-likeness (QED) is 0.628. The van der Waals surface area contributed by atoms with E-state index in [1.54, 1.807) is 24.3 Å². The Hall–Kier alpha value is -2.41. The van der Waals surface area contributed by atoms with Crippen LogP contribution in [0.1, 0.15) is 50.0 Å². The van der Waals surface area contributed by atoms with Crippen LogP contribution in [0.2, 0.25) is 0 Å². The van der Waals surface area contributed by atoms with Crippen LogP contribution < -0.4 is 5.32 Å². The molecular weight excluding hydrogens is 350 g/mol. The van der Waals surface area contributed by atoms with Gasteiger partial charge in [0.05, 0.1) is 25.4 Å². The predicted octanol–water partition coefficient (Wildman–Crippen LogP) is 2.47. The molecule has 0 aliphatic rings. The van der Waals surface area contributed by atoms with Crippen molar-refractivity contribution in [1.29, 1.82) is 0 Å². The summed E-state index contributed by atoms with van der Waals surface area (Å²) in [6.07, 6.45) is 0.810. The monoisotopic (exact) mass is 379 g/mol. The molecule has 1 aromatic rings. The first-order valence-corrected chi connectivity index (χ1v) is 9.03. The molecule has 1 N–H and O–H groups in total. The van der Waals surface area contributed by atoms with Crippen molar-refractivity contribution in [2.24, 2.45) is 5.92 Å². The van der Waals surface area contributed by atoms with E-state index in [0.717, 1.165) is 5.56 Å². The maximum absolute atomic E-state index is 12.1. The molecule has 0 aliphatic carbocycles. The highest BCUT2D eigenvalue weighted by molar-refractivity contribution is 5.92. The minimum Gasteiger partial charge on any atom is -0.467 e. The van der Waals surface area contributed by atoms with Crippen molar-refractivity contribution in [2.45, 2.75) is 52.9 Å². The number of hydrogen-bond acceptors (Lipinski definition) is 6. The molecule has 0 aliphatic heterocycles. The Morgan fingerprint density at radius 1 is 1.07 bits per heavy atom. The Morgan fingerprint density at radius 3 is 2.22 bits per heavy atom. The van der Waals surface area contributed by atoms with Gasteiger partial charge >= 0.3 is 11.9 Å². The predicted molar refractivity (Wildman–Crippen MR) is 100 cm³/mol. The summed E-state index contributed by atoms with van der Waals surface area (Å²) >= 11 is 0. The fourth-order valence-corrected chi connectivity index (χ4v) is 2.23. The minimum absolute atomic E-state index is 0.0993. The molecule has 7 heteroatoms. The van der Waals surface area contributed by atoms with Gasteiger partial charge < -0.3 is 19.5 Å². The van der Waals surface area contributed by atoms with E-state index in [0.29, 0.717) is 18.6 Å². The highest BCUT2D eigenvalue weighted by atomic mass is 16.5. The van der Waals surface area contributed by atoms with E-state index < -0.39 is 30.5 Å². The Kier molecular flexibility index (Phi) is 9.50. The van der Waals surface area contributed by atoms with E-state index in [2.05, 4.69) is 5.32 Å². The average Bonchev–Trinajstić information content (AvgIpc) is 2.67. The third kappa shape index (κ3) is 7.78. The van der Waals surface area contributed by atoms with Crippen LogP contribution >= 0.6 is 0 Å². The van der Waals surface area contributed by atoms with Gasteiger partial charge in [-0.2, -0.15) is 0 Å². The standard InChI is InChI=1S/C20H29NO6/c1-6-14(4)18(20(24)25-5)21-17(22)12-27-19(23)16-9-7-15(8-10-16)11-26-13(2)3/h7-10,13-14,18H,6,11-12H2,1-5H3,(H,21,22)/t14-,18-/m0/s1. The lowest BCUT2D eigenvalue weighted by Gasteiger charge is -2.21. The van der Waals surface area contributed by atoms with Crippen LogP contribution in [0.5, 0.6) is 0 Å². The number of benzene rings is 1. The number of rotatable bonds is 10. The lowest BCUT2D eigenvalue weighted by atomic mass is 9.99. The van der Waals surface area contributed by atoms with Crippen molar-refractivity contribution in [2.75, 3.05) is 13.7 Å². The van der Waals surface area contributed by atoms with Gasteiger partial charge in [0, 0.05) is 0 Å². The lowest BCUT2D eigenvalue weighted by molar-refractivity contribution is -0.147. The topological polar surface area (TPSA) is 90.9 Å². The number of methoxy groups -OCH3 is 1. The van der Waals surface area contributed by atoms with Gasteiger partial charge in [0.2, 0.25) is 0 Å². The van der Waals surface area contributed by atoms with Gasteiger partial charge in [0.1, 0.15) is 6.04 Å². The van der Waals surface area contributed by atoms with E-state index >= 15 is 0 Å². The van der Waals surface area contributed by atoms with E-state index in [9.17, 15) is 14.4 Å². The average molecular weight is 379 g/mol. The Balaban J connectivity index is 2.55. The Labute approximate surface area is 160 Å². The smallest absolute Gasteiger partial charge is 0.338 e.